The zero-order valence-electron chi connectivity index (χ0n) is 12.5. The topological polar surface area (TPSA) is 57.6 Å². The first kappa shape index (κ1) is 15.3. The Hall–Kier alpha value is -2.10. The summed E-state index contributed by atoms with van der Waals surface area (Å²) >= 11 is 0. The van der Waals surface area contributed by atoms with Crippen LogP contribution in [0.2, 0.25) is 0 Å². The van der Waals surface area contributed by atoms with Gasteiger partial charge in [-0.05, 0) is 29.5 Å². The van der Waals surface area contributed by atoms with Crippen LogP contribution in [0.25, 0.3) is 6.08 Å². The molecular weight excluding hydrogens is 266 g/mol. The summed E-state index contributed by atoms with van der Waals surface area (Å²) in [5.74, 6) is -1.39. The van der Waals surface area contributed by atoms with Gasteiger partial charge in [0.1, 0.15) is 0 Å². The molecule has 1 aromatic carbocycles. The van der Waals surface area contributed by atoms with Crippen LogP contribution in [0.5, 0.6) is 0 Å². The van der Waals surface area contributed by atoms with Crippen molar-refractivity contribution in [1.29, 1.82) is 0 Å². The lowest BCUT2D eigenvalue weighted by atomic mass is 9.99. The van der Waals surface area contributed by atoms with Crippen molar-refractivity contribution in [3.05, 3.63) is 41.5 Å². The Morgan fingerprint density at radius 3 is 2.48 bits per heavy atom. The molecule has 1 fully saturated rings. The molecule has 1 N–H and O–H groups in total. The fourth-order valence-electron chi connectivity index (χ4n) is 2.61. The van der Waals surface area contributed by atoms with Crippen molar-refractivity contribution < 1.29 is 14.7 Å². The Bertz CT molecular complexity index is 548. The van der Waals surface area contributed by atoms with Gasteiger partial charge in [-0.15, -0.1) is 0 Å². The van der Waals surface area contributed by atoms with Crippen LogP contribution in [-0.4, -0.2) is 35.0 Å². The molecule has 1 aliphatic rings. The third kappa shape index (κ3) is 3.72. The summed E-state index contributed by atoms with van der Waals surface area (Å²) in [5, 5.41) is 9.08. The van der Waals surface area contributed by atoms with E-state index < -0.39 is 11.9 Å². The molecule has 112 valence electrons. The summed E-state index contributed by atoms with van der Waals surface area (Å²) in [5.41, 5.74) is 2.23. The number of hydrogen-bond donors (Lipinski definition) is 1. The Morgan fingerprint density at radius 1 is 1.29 bits per heavy atom. The Labute approximate surface area is 125 Å². The monoisotopic (exact) mass is 287 g/mol. The molecular formula is C17H21NO3. The molecule has 0 spiro atoms. The second-order valence-electron chi connectivity index (χ2n) is 5.59. The highest BCUT2D eigenvalue weighted by atomic mass is 16.4. The van der Waals surface area contributed by atoms with Gasteiger partial charge in [0.25, 0.3) is 0 Å². The SMILES string of the molecule is CCc1ccc(/C=C/C(=O)N2C[C@@H](C)[C@H](C(=O)O)C2)cc1. The van der Waals surface area contributed by atoms with Crippen molar-refractivity contribution in [2.75, 3.05) is 13.1 Å². The Balaban J connectivity index is 1.98. The maximum absolute atomic E-state index is 12.1. The molecule has 1 saturated heterocycles. The Kier molecular flexibility index (Phi) is 4.78. The number of carbonyl (C=O) groups is 2. The highest BCUT2D eigenvalue weighted by Crippen LogP contribution is 2.23. The van der Waals surface area contributed by atoms with Crippen molar-refractivity contribution in [2.24, 2.45) is 11.8 Å². The van der Waals surface area contributed by atoms with Gasteiger partial charge in [0.05, 0.1) is 5.92 Å². The minimum absolute atomic E-state index is 0.00341. The first-order valence-electron chi connectivity index (χ1n) is 7.30. The average Bonchev–Trinajstić information content (AvgIpc) is 2.87. The lowest BCUT2D eigenvalue weighted by molar-refractivity contribution is -0.142. The molecule has 4 nitrogen and oxygen atoms in total. The zero-order chi connectivity index (χ0) is 15.4. The molecule has 0 saturated carbocycles. The second kappa shape index (κ2) is 6.57. The number of amides is 1. The summed E-state index contributed by atoms with van der Waals surface area (Å²) in [6.45, 7) is 4.78. The fourth-order valence-corrected chi connectivity index (χ4v) is 2.61. The number of rotatable bonds is 4. The third-order valence-corrected chi connectivity index (χ3v) is 4.05. The fraction of sp³-hybridized carbons (Fsp3) is 0.412. The Morgan fingerprint density at radius 2 is 1.95 bits per heavy atom. The van der Waals surface area contributed by atoms with Gasteiger partial charge < -0.3 is 10.0 Å². The number of nitrogens with zero attached hydrogens (tertiary/aromatic N) is 1. The van der Waals surface area contributed by atoms with Gasteiger partial charge in [0.2, 0.25) is 5.91 Å². The zero-order valence-corrected chi connectivity index (χ0v) is 12.5. The van der Waals surface area contributed by atoms with Crippen molar-refractivity contribution in [3.8, 4) is 0 Å². The number of likely N-dealkylation sites (tertiary alicyclic amines) is 1. The van der Waals surface area contributed by atoms with Gasteiger partial charge in [-0.1, -0.05) is 38.1 Å². The minimum atomic E-state index is -0.822. The molecule has 0 bridgehead atoms. The summed E-state index contributed by atoms with van der Waals surface area (Å²) < 4.78 is 0. The van der Waals surface area contributed by atoms with Gasteiger partial charge in [0, 0.05) is 19.2 Å². The molecule has 0 unspecified atom stereocenters. The van der Waals surface area contributed by atoms with Gasteiger partial charge in [-0.2, -0.15) is 0 Å². The first-order valence-corrected chi connectivity index (χ1v) is 7.30. The number of carboxylic acids is 1. The molecule has 2 atom stereocenters. The van der Waals surface area contributed by atoms with E-state index in [0.717, 1.165) is 12.0 Å². The predicted octanol–water partition coefficient (Wildman–Crippen LogP) is 2.44. The molecule has 1 amide bonds. The maximum Gasteiger partial charge on any atom is 0.308 e. The number of benzene rings is 1. The van der Waals surface area contributed by atoms with E-state index in [4.69, 9.17) is 5.11 Å². The van der Waals surface area contributed by atoms with Crippen molar-refractivity contribution >= 4 is 18.0 Å². The number of hydrogen-bond acceptors (Lipinski definition) is 2. The van der Waals surface area contributed by atoms with Gasteiger partial charge in [0.15, 0.2) is 0 Å². The normalized spacial score (nSPS) is 21.9. The molecule has 0 aromatic heterocycles. The van der Waals surface area contributed by atoms with Crippen LogP contribution in [0, 0.1) is 11.8 Å². The molecule has 1 heterocycles. The van der Waals surface area contributed by atoms with E-state index in [1.807, 2.05) is 31.2 Å². The van der Waals surface area contributed by atoms with Crippen LogP contribution >= 0.6 is 0 Å². The van der Waals surface area contributed by atoms with Crippen molar-refractivity contribution in [1.82, 2.24) is 4.90 Å². The molecule has 1 aromatic rings. The number of carbonyl (C=O) groups excluding carboxylic acids is 1. The van der Waals surface area contributed by atoms with Crippen LogP contribution < -0.4 is 0 Å². The summed E-state index contributed by atoms with van der Waals surface area (Å²) in [7, 11) is 0. The van der Waals surface area contributed by atoms with Crippen LogP contribution in [0.4, 0.5) is 0 Å². The smallest absolute Gasteiger partial charge is 0.308 e. The van der Waals surface area contributed by atoms with Crippen LogP contribution in [0.3, 0.4) is 0 Å². The van der Waals surface area contributed by atoms with E-state index in [0.29, 0.717) is 13.1 Å². The van der Waals surface area contributed by atoms with E-state index in [1.165, 1.54) is 11.6 Å². The van der Waals surface area contributed by atoms with E-state index in [9.17, 15) is 9.59 Å². The standard InChI is InChI=1S/C17H21NO3/c1-3-13-4-6-14(7-5-13)8-9-16(19)18-10-12(2)15(11-18)17(20)21/h4-9,12,15H,3,10-11H2,1-2H3,(H,20,21)/b9-8+/t12-,15-/m1/s1. The highest BCUT2D eigenvalue weighted by Gasteiger charge is 2.36. The second-order valence-corrected chi connectivity index (χ2v) is 5.59. The average molecular weight is 287 g/mol. The van der Waals surface area contributed by atoms with E-state index in [-0.39, 0.29) is 11.8 Å². The predicted molar refractivity (Wildman–Crippen MR) is 81.7 cm³/mol. The summed E-state index contributed by atoms with van der Waals surface area (Å²) in [6, 6.07) is 8.05. The van der Waals surface area contributed by atoms with Crippen LogP contribution in [0.15, 0.2) is 30.3 Å². The number of aliphatic carboxylic acids is 1. The lowest BCUT2D eigenvalue weighted by Gasteiger charge is -2.12. The molecule has 21 heavy (non-hydrogen) atoms. The number of aryl methyl sites for hydroxylation is 1. The molecule has 0 radical (unpaired) electrons. The van der Waals surface area contributed by atoms with E-state index >= 15 is 0 Å². The van der Waals surface area contributed by atoms with Gasteiger partial charge in [-0.25, -0.2) is 0 Å². The molecule has 0 aliphatic carbocycles. The molecule has 4 heteroatoms. The lowest BCUT2D eigenvalue weighted by Crippen LogP contribution is -2.28. The quantitative estimate of drug-likeness (QED) is 0.865. The van der Waals surface area contributed by atoms with E-state index in [2.05, 4.69) is 6.92 Å². The van der Waals surface area contributed by atoms with Crippen LogP contribution in [-0.2, 0) is 16.0 Å². The first-order chi connectivity index (χ1) is 10.0. The largest absolute Gasteiger partial charge is 0.481 e. The third-order valence-electron chi connectivity index (χ3n) is 4.05. The summed E-state index contributed by atoms with van der Waals surface area (Å²) in [4.78, 5) is 24.8. The van der Waals surface area contributed by atoms with Crippen molar-refractivity contribution in [2.45, 2.75) is 20.3 Å². The molecule has 1 aliphatic heterocycles. The summed E-state index contributed by atoms with van der Waals surface area (Å²) in [6.07, 6.45) is 4.30. The van der Waals surface area contributed by atoms with Gasteiger partial charge in [-0.3, -0.25) is 9.59 Å². The van der Waals surface area contributed by atoms with Crippen molar-refractivity contribution in [3.63, 3.8) is 0 Å². The maximum atomic E-state index is 12.1. The number of carboxylic acid groups (broad SMARTS) is 1. The van der Waals surface area contributed by atoms with Gasteiger partial charge >= 0.3 is 5.97 Å². The van der Waals surface area contributed by atoms with E-state index in [1.54, 1.807) is 11.0 Å². The minimum Gasteiger partial charge on any atom is -0.481 e. The highest BCUT2D eigenvalue weighted by molar-refractivity contribution is 5.92. The molecule has 2 rings (SSSR count). The van der Waals surface area contributed by atoms with Crippen LogP contribution in [0.1, 0.15) is 25.0 Å².